The normalized spacial score (nSPS) is 14.9. The van der Waals surface area contributed by atoms with Gasteiger partial charge in [0.05, 0.1) is 6.61 Å². The number of carbonyl (C=O) groups excluding carboxylic acids is 2. The van der Waals surface area contributed by atoms with Gasteiger partial charge in [0, 0.05) is 29.7 Å². The Morgan fingerprint density at radius 2 is 2.12 bits per heavy atom. The van der Waals surface area contributed by atoms with Crippen LogP contribution in [0.5, 0.6) is 0 Å². The molecule has 8 nitrogen and oxygen atoms in total. The van der Waals surface area contributed by atoms with Gasteiger partial charge in [0.15, 0.2) is 0 Å². The van der Waals surface area contributed by atoms with Crippen molar-refractivity contribution in [3.05, 3.63) is 35.2 Å². The number of amides is 2. The van der Waals surface area contributed by atoms with E-state index in [2.05, 4.69) is 15.5 Å². The molecule has 26 heavy (non-hydrogen) atoms. The minimum Gasteiger partial charge on any atom is -0.450 e. The lowest BCUT2D eigenvalue weighted by Crippen LogP contribution is -2.46. The fourth-order valence-corrected chi connectivity index (χ4v) is 2.91. The molecule has 1 aromatic carbocycles. The van der Waals surface area contributed by atoms with Gasteiger partial charge >= 0.3 is 17.9 Å². The van der Waals surface area contributed by atoms with Gasteiger partial charge in [-0.1, -0.05) is 17.7 Å². The van der Waals surface area contributed by atoms with Crippen molar-refractivity contribution in [2.24, 2.45) is 0 Å². The van der Waals surface area contributed by atoms with Crippen LogP contribution in [0.4, 0.5) is 4.79 Å². The van der Waals surface area contributed by atoms with Crippen LogP contribution in [0.1, 0.15) is 30.5 Å². The number of benzene rings is 1. The summed E-state index contributed by atoms with van der Waals surface area (Å²) in [5.74, 6) is -0.303. The molecule has 0 spiro atoms. The van der Waals surface area contributed by atoms with Crippen LogP contribution in [0.2, 0.25) is 5.02 Å². The van der Waals surface area contributed by atoms with Gasteiger partial charge in [-0.15, -0.1) is 10.2 Å². The van der Waals surface area contributed by atoms with Gasteiger partial charge in [-0.2, -0.15) is 0 Å². The minimum absolute atomic E-state index is 0.0605. The third kappa shape index (κ3) is 4.32. The molecule has 0 bridgehead atoms. The molecular formula is C17H19ClN4O4. The number of nitrogens with one attached hydrogen (secondary N) is 1. The van der Waals surface area contributed by atoms with E-state index >= 15 is 0 Å². The third-order valence-corrected chi connectivity index (χ3v) is 4.28. The summed E-state index contributed by atoms with van der Waals surface area (Å²) in [5.41, 5.74) is 0.645. The van der Waals surface area contributed by atoms with Crippen LogP contribution >= 0.6 is 11.6 Å². The lowest BCUT2D eigenvalue weighted by atomic mass is 10.1. The first-order valence-electron chi connectivity index (χ1n) is 8.39. The van der Waals surface area contributed by atoms with E-state index in [0.29, 0.717) is 43.1 Å². The van der Waals surface area contributed by atoms with Crippen molar-refractivity contribution in [1.29, 1.82) is 0 Å². The second kappa shape index (κ2) is 8.18. The molecule has 1 aliphatic heterocycles. The average Bonchev–Trinajstić information content (AvgIpc) is 3.13. The predicted molar refractivity (Wildman–Crippen MR) is 93.8 cm³/mol. The number of aromatic nitrogens is 2. The Bertz CT molecular complexity index is 787. The fourth-order valence-electron chi connectivity index (χ4n) is 2.72. The van der Waals surface area contributed by atoms with E-state index in [1.165, 1.54) is 0 Å². The monoisotopic (exact) mass is 378 g/mol. The van der Waals surface area contributed by atoms with Crippen molar-refractivity contribution >= 4 is 23.6 Å². The van der Waals surface area contributed by atoms with E-state index in [9.17, 15) is 9.59 Å². The Labute approximate surface area is 155 Å². The van der Waals surface area contributed by atoms with Gasteiger partial charge in [0.25, 0.3) is 0 Å². The molecule has 0 unspecified atom stereocenters. The van der Waals surface area contributed by atoms with Gasteiger partial charge in [-0.3, -0.25) is 4.79 Å². The molecule has 3 rings (SSSR count). The van der Waals surface area contributed by atoms with Crippen molar-refractivity contribution < 1.29 is 18.7 Å². The number of nitrogens with zero attached hydrogens (tertiary/aromatic N) is 3. The number of piperidine rings is 1. The van der Waals surface area contributed by atoms with Gasteiger partial charge in [0.1, 0.15) is 0 Å². The van der Waals surface area contributed by atoms with Crippen molar-refractivity contribution in [2.75, 3.05) is 19.7 Å². The maximum Gasteiger partial charge on any atom is 0.409 e. The topological polar surface area (TPSA) is 97.6 Å². The summed E-state index contributed by atoms with van der Waals surface area (Å²) in [7, 11) is 0. The zero-order valence-electron chi connectivity index (χ0n) is 14.3. The summed E-state index contributed by atoms with van der Waals surface area (Å²) in [6.45, 7) is 3.18. The Balaban J connectivity index is 1.56. The Morgan fingerprint density at radius 1 is 1.35 bits per heavy atom. The summed E-state index contributed by atoms with van der Waals surface area (Å²) >= 11 is 5.94. The maximum absolute atomic E-state index is 12.3. The first-order chi connectivity index (χ1) is 12.6. The lowest BCUT2D eigenvalue weighted by molar-refractivity contribution is 0.0836. The molecule has 2 heterocycles. The third-order valence-electron chi connectivity index (χ3n) is 4.05. The van der Waals surface area contributed by atoms with Gasteiger partial charge in [-0.05, 0) is 38.0 Å². The Morgan fingerprint density at radius 3 is 2.81 bits per heavy atom. The van der Waals surface area contributed by atoms with Gasteiger partial charge in [0.2, 0.25) is 5.89 Å². The first kappa shape index (κ1) is 18.2. The molecule has 1 aromatic heterocycles. The zero-order chi connectivity index (χ0) is 18.5. The molecule has 0 saturated carbocycles. The van der Waals surface area contributed by atoms with Crippen LogP contribution in [0, 0.1) is 0 Å². The summed E-state index contributed by atoms with van der Waals surface area (Å²) < 4.78 is 10.4. The lowest BCUT2D eigenvalue weighted by Gasteiger charge is -2.31. The van der Waals surface area contributed by atoms with Crippen LogP contribution in [0.3, 0.4) is 0 Å². The van der Waals surface area contributed by atoms with Gasteiger partial charge < -0.3 is 19.4 Å². The molecule has 2 aromatic rings. The summed E-state index contributed by atoms with van der Waals surface area (Å²) in [6.07, 6.45) is 0.958. The molecule has 0 aliphatic carbocycles. The standard InChI is InChI=1S/C17H19ClN4O4/c1-2-25-17(24)22-8-6-13(7-9-22)19-14(23)16-21-20-15(26-16)11-4-3-5-12(18)10-11/h3-5,10,13H,2,6-9H2,1H3,(H,19,23). The van der Waals surface area contributed by atoms with Crippen LogP contribution in [-0.2, 0) is 4.74 Å². The second-order valence-corrected chi connectivity index (χ2v) is 6.29. The fraction of sp³-hybridized carbons (Fsp3) is 0.412. The quantitative estimate of drug-likeness (QED) is 0.878. The number of carbonyl (C=O) groups is 2. The highest BCUT2D eigenvalue weighted by Crippen LogP contribution is 2.21. The largest absolute Gasteiger partial charge is 0.450 e. The molecule has 1 fully saturated rings. The summed E-state index contributed by atoms with van der Waals surface area (Å²) in [4.78, 5) is 25.6. The van der Waals surface area contributed by atoms with Crippen LogP contribution in [0.25, 0.3) is 11.5 Å². The number of halogens is 1. The molecular weight excluding hydrogens is 360 g/mol. The van der Waals surface area contributed by atoms with E-state index in [-0.39, 0.29) is 23.9 Å². The van der Waals surface area contributed by atoms with E-state index in [0.717, 1.165) is 0 Å². The van der Waals surface area contributed by atoms with Crippen molar-refractivity contribution in [3.63, 3.8) is 0 Å². The molecule has 9 heteroatoms. The van der Waals surface area contributed by atoms with Crippen molar-refractivity contribution in [3.8, 4) is 11.5 Å². The zero-order valence-corrected chi connectivity index (χ0v) is 15.0. The summed E-state index contributed by atoms with van der Waals surface area (Å²) in [6, 6.07) is 6.89. The smallest absolute Gasteiger partial charge is 0.409 e. The molecule has 1 N–H and O–H groups in total. The number of likely N-dealkylation sites (tertiary alicyclic amines) is 1. The van der Waals surface area contributed by atoms with Crippen LogP contribution in [0.15, 0.2) is 28.7 Å². The number of hydrogen-bond donors (Lipinski definition) is 1. The molecule has 1 aliphatic rings. The molecule has 0 atom stereocenters. The number of rotatable bonds is 4. The van der Waals surface area contributed by atoms with Crippen LogP contribution < -0.4 is 5.32 Å². The highest BCUT2D eigenvalue weighted by molar-refractivity contribution is 6.30. The van der Waals surface area contributed by atoms with E-state index < -0.39 is 5.91 Å². The predicted octanol–water partition coefficient (Wildman–Crippen LogP) is 2.74. The first-order valence-corrected chi connectivity index (χ1v) is 8.76. The maximum atomic E-state index is 12.3. The number of ether oxygens (including phenoxy) is 1. The van der Waals surface area contributed by atoms with E-state index in [1.54, 1.807) is 36.1 Å². The SMILES string of the molecule is CCOC(=O)N1CCC(NC(=O)c2nnc(-c3cccc(Cl)c3)o2)CC1. The molecule has 0 radical (unpaired) electrons. The highest BCUT2D eigenvalue weighted by Gasteiger charge is 2.26. The highest BCUT2D eigenvalue weighted by atomic mass is 35.5. The van der Waals surface area contributed by atoms with Crippen LogP contribution in [-0.4, -0.2) is 52.8 Å². The van der Waals surface area contributed by atoms with Crippen molar-refractivity contribution in [2.45, 2.75) is 25.8 Å². The van der Waals surface area contributed by atoms with Crippen molar-refractivity contribution in [1.82, 2.24) is 20.4 Å². The average molecular weight is 379 g/mol. The Hall–Kier alpha value is -2.61. The molecule has 1 saturated heterocycles. The Kier molecular flexibility index (Phi) is 5.72. The van der Waals surface area contributed by atoms with E-state index in [1.807, 2.05) is 0 Å². The molecule has 138 valence electrons. The molecule has 2 amide bonds. The minimum atomic E-state index is -0.430. The summed E-state index contributed by atoms with van der Waals surface area (Å²) in [5, 5.41) is 11.1. The van der Waals surface area contributed by atoms with E-state index in [4.69, 9.17) is 20.8 Å². The number of hydrogen-bond acceptors (Lipinski definition) is 6. The van der Waals surface area contributed by atoms with Gasteiger partial charge in [-0.25, -0.2) is 4.79 Å². The second-order valence-electron chi connectivity index (χ2n) is 5.86.